The fourth-order valence-electron chi connectivity index (χ4n) is 4.45. The van der Waals surface area contributed by atoms with Crippen LogP contribution in [0.25, 0.3) is 0 Å². The zero-order valence-corrected chi connectivity index (χ0v) is 18.2. The molecule has 2 fully saturated rings. The van der Waals surface area contributed by atoms with E-state index in [1.807, 2.05) is 25.7 Å². The lowest BCUT2D eigenvalue weighted by atomic mass is 10.0. The standard InChI is InChI=1S/C23H37N3O2/c1-18-16-26(22(27)28-23(3,4)5)19(2)15-25(18)21-12-14-24(17-21)13-11-20-9-7-6-8-10-20/h6-10,18-19,21H,11-17H2,1-5H3/t18-,19-,21+/m1/s1. The molecule has 2 aliphatic heterocycles. The summed E-state index contributed by atoms with van der Waals surface area (Å²) in [6, 6.07) is 11.9. The van der Waals surface area contributed by atoms with E-state index in [2.05, 4.69) is 54.0 Å². The molecule has 3 rings (SSSR count). The van der Waals surface area contributed by atoms with Crippen molar-refractivity contribution >= 4 is 6.09 Å². The summed E-state index contributed by atoms with van der Waals surface area (Å²) >= 11 is 0. The average molecular weight is 388 g/mol. The van der Waals surface area contributed by atoms with E-state index >= 15 is 0 Å². The van der Waals surface area contributed by atoms with Crippen LogP contribution in [-0.2, 0) is 11.2 Å². The monoisotopic (exact) mass is 387 g/mol. The molecule has 0 N–H and O–H groups in total. The van der Waals surface area contributed by atoms with E-state index in [1.54, 1.807) is 0 Å². The van der Waals surface area contributed by atoms with E-state index in [0.717, 1.165) is 32.6 Å². The predicted octanol–water partition coefficient (Wildman–Crippen LogP) is 3.63. The molecule has 156 valence electrons. The highest BCUT2D eigenvalue weighted by molar-refractivity contribution is 5.68. The molecular weight excluding hydrogens is 350 g/mol. The third kappa shape index (κ3) is 5.48. The van der Waals surface area contributed by atoms with Crippen LogP contribution >= 0.6 is 0 Å². The molecule has 5 heteroatoms. The lowest BCUT2D eigenvalue weighted by Crippen LogP contribution is -2.61. The minimum absolute atomic E-state index is 0.178. The summed E-state index contributed by atoms with van der Waals surface area (Å²) in [5.41, 5.74) is 0.973. The maximum absolute atomic E-state index is 12.5. The molecule has 5 nitrogen and oxygen atoms in total. The molecule has 0 unspecified atom stereocenters. The Morgan fingerprint density at radius 1 is 1.07 bits per heavy atom. The SMILES string of the molecule is C[C@@H]1CN([C@H]2CCN(CCc3ccccc3)C2)[C@H](C)CN1C(=O)OC(C)(C)C. The summed E-state index contributed by atoms with van der Waals surface area (Å²) in [6.45, 7) is 15.3. The number of rotatable bonds is 4. The van der Waals surface area contributed by atoms with Crippen molar-refractivity contribution in [2.24, 2.45) is 0 Å². The highest BCUT2D eigenvalue weighted by Crippen LogP contribution is 2.25. The largest absolute Gasteiger partial charge is 0.444 e. The van der Waals surface area contributed by atoms with Crippen LogP contribution in [0.2, 0.25) is 0 Å². The van der Waals surface area contributed by atoms with Crippen LogP contribution in [0, 0.1) is 0 Å². The Hall–Kier alpha value is -1.59. The first-order chi connectivity index (χ1) is 13.2. The summed E-state index contributed by atoms with van der Waals surface area (Å²) in [6.07, 6.45) is 2.16. The van der Waals surface area contributed by atoms with Gasteiger partial charge in [-0.05, 0) is 59.6 Å². The van der Waals surface area contributed by atoms with Crippen molar-refractivity contribution in [3.05, 3.63) is 35.9 Å². The normalized spacial score (nSPS) is 27.2. The Morgan fingerprint density at radius 2 is 1.79 bits per heavy atom. The second-order valence-electron chi connectivity index (χ2n) is 9.51. The Kier molecular flexibility index (Phi) is 6.66. The maximum atomic E-state index is 12.5. The summed E-state index contributed by atoms with van der Waals surface area (Å²) < 4.78 is 5.61. The molecule has 0 aliphatic carbocycles. The van der Waals surface area contributed by atoms with E-state index in [9.17, 15) is 4.79 Å². The van der Waals surface area contributed by atoms with Crippen LogP contribution in [0.5, 0.6) is 0 Å². The van der Waals surface area contributed by atoms with Gasteiger partial charge in [-0.3, -0.25) is 4.90 Å². The first kappa shape index (κ1) is 21.1. The molecule has 2 heterocycles. The lowest BCUT2D eigenvalue weighted by Gasteiger charge is -2.46. The summed E-state index contributed by atoms with van der Waals surface area (Å²) in [7, 11) is 0. The van der Waals surface area contributed by atoms with Crippen LogP contribution in [0.15, 0.2) is 30.3 Å². The zero-order valence-electron chi connectivity index (χ0n) is 18.2. The fraction of sp³-hybridized carbons (Fsp3) is 0.696. The quantitative estimate of drug-likeness (QED) is 0.790. The van der Waals surface area contributed by atoms with E-state index in [1.165, 1.54) is 18.5 Å². The first-order valence-corrected chi connectivity index (χ1v) is 10.7. The maximum Gasteiger partial charge on any atom is 0.410 e. The minimum Gasteiger partial charge on any atom is -0.444 e. The van der Waals surface area contributed by atoms with Gasteiger partial charge < -0.3 is 14.5 Å². The van der Waals surface area contributed by atoms with E-state index in [-0.39, 0.29) is 12.1 Å². The summed E-state index contributed by atoms with van der Waals surface area (Å²) in [5.74, 6) is 0. The predicted molar refractivity (Wildman–Crippen MR) is 114 cm³/mol. The zero-order chi connectivity index (χ0) is 20.3. The minimum atomic E-state index is -0.443. The number of carbonyl (C=O) groups excluding carboxylic acids is 1. The summed E-state index contributed by atoms with van der Waals surface area (Å²) in [4.78, 5) is 19.7. The molecule has 0 saturated carbocycles. The van der Waals surface area contributed by atoms with Gasteiger partial charge in [0.25, 0.3) is 0 Å². The molecule has 28 heavy (non-hydrogen) atoms. The third-order valence-corrected chi connectivity index (χ3v) is 5.94. The molecule has 1 amide bonds. The topological polar surface area (TPSA) is 36.0 Å². The number of hydrogen-bond donors (Lipinski definition) is 0. The fourth-order valence-corrected chi connectivity index (χ4v) is 4.45. The number of piperazine rings is 1. The molecule has 0 spiro atoms. The number of hydrogen-bond acceptors (Lipinski definition) is 4. The second kappa shape index (κ2) is 8.83. The van der Waals surface area contributed by atoms with Gasteiger partial charge in [-0.1, -0.05) is 30.3 Å². The molecule has 1 aromatic carbocycles. The number of nitrogens with zero attached hydrogens (tertiary/aromatic N) is 3. The number of carbonyl (C=O) groups is 1. The van der Waals surface area contributed by atoms with Crippen LogP contribution in [0.1, 0.15) is 46.6 Å². The molecule has 1 aromatic rings. The first-order valence-electron chi connectivity index (χ1n) is 10.7. The molecule has 2 aliphatic rings. The van der Waals surface area contributed by atoms with Crippen LogP contribution in [-0.4, -0.2) is 77.2 Å². The van der Waals surface area contributed by atoms with Crippen molar-refractivity contribution in [2.75, 3.05) is 32.7 Å². The second-order valence-corrected chi connectivity index (χ2v) is 9.51. The Labute approximate surface area is 170 Å². The Morgan fingerprint density at radius 3 is 2.46 bits per heavy atom. The van der Waals surface area contributed by atoms with E-state index < -0.39 is 5.60 Å². The van der Waals surface area contributed by atoms with Gasteiger partial charge in [-0.2, -0.15) is 0 Å². The number of amides is 1. The highest BCUT2D eigenvalue weighted by Gasteiger charge is 2.39. The van der Waals surface area contributed by atoms with Crippen molar-refractivity contribution in [1.82, 2.24) is 14.7 Å². The number of likely N-dealkylation sites (tertiary alicyclic amines) is 1. The van der Waals surface area contributed by atoms with Gasteiger partial charge in [0.1, 0.15) is 5.60 Å². The Bertz CT molecular complexity index is 643. The van der Waals surface area contributed by atoms with Gasteiger partial charge in [0, 0.05) is 44.3 Å². The number of benzene rings is 1. The summed E-state index contributed by atoms with van der Waals surface area (Å²) in [5, 5.41) is 0. The van der Waals surface area contributed by atoms with Crippen molar-refractivity contribution in [2.45, 2.75) is 71.2 Å². The molecule has 2 saturated heterocycles. The molecule has 0 radical (unpaired) electrons. The van der Waals surface area contributed by atoms with Crippen molar-refractivity contribution in [3.63, 3.8) is 0 Å². The van der Waals surface area contributed by atoms with Crippen molar-refractivity contribution in [3.8, 4) is 0 Å². The van der Waals surface area contributed by atoms with Gasteiger partial charge in [-0.15, -0.1) is 0 Å². The van der Waals surface area contributed by atoms with Gasteiger partial charge in [0.05, 0.1) is 0 Å². The molecule has 3 atom stereocenters. The molecule has 0 bridgehead atoms. The van der Waals surface area contributed by atoms with E-state index in [4.69, 9.17) is 4.74 Å². The average Bonchev–Trinajstić information content (AvgIpc) is 3.09. The molecule has 0 aromatic heterocycles. The Balaban J connectivity index is 1.50. The third-order valence-electron chi connectivity index (χ3n) is 5.94. The van der Waals surface area contributed by atoms with Gasteiger partial charge in [0.2, 0.25) is 0 Å². The van der Waals surface area contributed by atoms with Crippen LogP contribution < -0.4 is 0 Å². The van der Waals surface area contributed by atoms with Gasteiger partial charge >= 0.3 is 6.09 Å². The van der Waals surface area contributed by atoms with Gasteiger partial charge in [-0.25, -0.2) is 4.79 Å². The van der Waals surface area contributed by atoms with Gasteiger partial charge in [0.15, 0.2) is 0 Å². The lowest BCUT2D eigenvalue weighted by molar-refractivity contribution is -0.0188. The van der Waals surface area contributed by atoms with Crippen molar-refractivity contribution in [1.29, 1.82) is 0 Å². The smallest absolute Gasteiger partial charge is 0.410 e. The van der Waals surface area contributed by atoms with Crippen LogP contribution in [0.3, 0.4) is 0 Å². The van der Waals surface area contributed by atoms with Crippen molar-refractivity contribution < 1.29 is 9.53 Å². The molecular formula is C23H37N3O2. The van der Waals surface area contributed by atoms with E-state index in [0.29, 0.717) is 12.1 Å². The van der Waals surface area contributed by atoms with Crippen LogP contribution in [0.4, 0.5) is 4.79 Å². The number of ether oxygens (including phenoxy) is 1. The highest BCUT2D eigenvalue weighted by atomic mass is 16.6.